The van der Waals surface area contributed by atoms with Crippen molar-refractivity contribution in [2.24, 2.45) is 5.92 Å². The fraction of sp³-hybridized carbons (Fsp3) is 0.571. The van der Waals surface area contributed by atoms with Gasteiger partial charge in [-0.15, -0.1) is 0 Å². The van der Waals surface area contributed by atoms with Gasteiger partial charge in [0, 0.05) is 12.6 Å². The van der Waals surface area contributed by atoms with E-state index < -0.39 is 0 Å². The monoisotopic (exact) mass is 233 g/mol. The number of ether oxygens (including phenoxy) is 1. The number of hydrogen-bond donors (Lipinski definition) is 0. The smallest absolute Gasteiger partial charge is 0.185 e. The fourth-order valence-electron chi connectivity index (χ4n) is 2.51. The number of rotatable bonds is 4. The first-order chi connectivity index (χ1) is 8.31. The molecule has 0 aromatic carbocycles. The van der Waals surface area contributed by atoms with Crippen LogP contribution in [0.25, 0.3) is 0 Å². The first-order valence-electron chi connectivity index (χ1n) is 6.33. The number of ketones is 1. The molecular weight excluding hydrogens is 214 g/mol. The molecule has 1 heterocycles. The van der Waals surface area contributed by atoms with Crippen LogP contribution in [-0.4, -0.2) is 17.9 Å². The molecule has 0 N–H and O–H groups in total. The van der Waals surface area contributed by atoms with Crippen molar-refractivity contribution >= 4 is 5.78 Å². The first-order valence-corrected chi connectivity index (χ1v) is 6.33. The Hall–Kier alpha value is -1.38. The molecule has 3 heteroatoms. The van der Waals surface area contributed by atoms with Crippen molar-refractivity contribution in [1.29, 1.82) is 0 Å². The predicted octanol–water partition coefficient (Wildman–Crippen LogP) is 3.24. The lowest BCUT2D eigenvalue weighted by Gasteiger charge is -2.20. The molecule has 3 nitrogen and oxygen atoms in total. The van der Waals surface area contributed by atoms with Crippen molar-refractivity contribution in [3.63, 3.8) is 0 Å². The highest BCUT2D eigenvalue weighted by molar-refractivity contribution is 5.96. The molecule has 0 bridgehead atoms. The Labute approximate surface area is 102 Å². The average Bonchev–Trinajstić information content (AvgIpc) is 2.40. The van der Waals surface area contributed by atoms with Crippen molar-refractivity contribution < 1.29 is 9.53 Å². The number of carbonyl (C=O) groups excluding carboxylic acids is 1. The maximum absolute atomic E-state index is 12.2. The van der Waals surface area contributed by atoms with Crippen LogP contribution in [0.1, 0.15) is 49.0 Å². The first kappa shape index (κ1) is 12.1. The van der Waals surface area contributed by atoms with Gasteiger partial charge in [0.15, 0.2) is 5.78 Å². The van der Waals surface area contributed by atoms with Crippen LogP contribution in [0.3, 0.4) is 0 Å². The van der Waals surface area contributed by atoms with E-state index in [-0.39, 0.29) is 5.78 Å². The zero-order valence-electron chi connectivity index (χ0n) is 10.3. The van der Waals surface area contributed by atoms with E-state index in [2.05, 4.69) is 4.98 Å². The normalized spacial score (nSPS) is 16.8. The van der Waals surface area contributed by atoms with Gasteiger partial charge in [-0.05, 0) is 18.1 Å². The molecular formula is C14H19NO2. The van der Waals surface area contributed by atoms with Crippen molar-refractivity contribution in [2.45, 2.75) is 38.5 Å². The number of Topliss-reactive ketones (excluding diaryl/α,β-unsaturated/α-hetero) is 1. The van der Waals surface area contributed by atoms with E-state index in [4.69, 9.17) is 4.74 Å². The van der Waals surface area contributed by atoms with Gasteiger partial charge in [0.05, 0.1) is 7.11 Å². The Morgan fingerprint density at radius 3 is 2.88 bits per heavy atom. The number of nitrogens with zero attached hydrogens (tertiary/aromatic N) is 1. The number of methoxy groups -OCH3 is 1. The van der Waals surface area contributed by atoms with Crippen LogP contribution in [0.5, 0.6) is 5.75 Å². The highest BCUT2D eigenvalue weighted by Gasteiger charge is 2.20. The van der Waals surface area contributed by atoms with E-state index >= 15 is 0 Å². The molecule has 1 aromatic rings. The topological polar surface area (TPSA) is 39.2 Å². The van der Waals surface area contributed by atoms with E-state index in [0.717, 1.165) is 0 Å². The Morgan fingerprint density at radius 1 is 1.41 bits per heavy atom. The summed E-state index contributed by atoms with van der Waals surface area (Å²) in [5, 5.41) is 0. The summed E-state index contributed by atoms with van der Waals surface area (Å²) in [4.78, 5) is 16.3. The Kier molecular flexibility index (Phi) is 4.13. The standard InChI is InChI=1S/C14H19NO2/c1-17-13-8-5-9-15-14(13)12(16)10-11-6-3-2-4-7-11/h5,8-9,11H,2-4,6-7,10H2,1H3. The van der Waals surface area contributed by atoms with Crippen LogP contribution in [0.4, 0.5) is 0 Å². The average molecular weight is 233 g/mol. The molecule has 0 radical (unpaired) electrons. The van der Waals surface area contributed by atoms with Gasteiger partial charge in [-0.3, -0.25) is 4.79 Å². The third-order valence-corrected chi connectivity index (χ3v) is 3.45. The number of pyridine rings is 1. The van der Waals surface area contributed by atoms with Gasteiger partial charge in [0.25, 0.3) is 0 Å². The Morgan fingerprint density at radius 2 is 2.18 bits per heavy atom. The molecule has 0 unspecified atom stereocenters. The molecule has 0 aliphatic heterocycles. The molecule has 1 aliphatic rings. The number of hydrogen-bond acceptors (Lipinski definition) is 3. The minimum Gasteiger partial charge on any atom is -0.494 e. The van der Waals surface area contributed by atoms with Gasteiger partial charge in [0.2, 0.25) is 0 Å². The molecule has 0 saturated heterocycles. The zero-order chi connectivity index (χ0) is 12.1. The third-order valence-electron chi connectivity index (χ3n) is 3.45. The second-order valence-electron chi connectivity index (χ2n) is 4.69. The van der Waals surface area contributed by atoms with E-state index in [1.165, 1.54) is 32.1 Å². The van der Waals surface area contributed by atoms with Crippen LogP contribution < -0.4 is 4.74 Å². The second kappa shape index (κ2) is 5.80. The van der Waals surface area contributed by atoms with Crippen molar-refractivity contribution in [3.8, 4) is 5.75 Å². The van der Waals surface area contributed by atoms with Crippen LogP contribution in [0.2, 0.25) is 0 Å². The van der Waals surface area contributed by atoms with Gasteiger partial charge in [-0.2, -0.15) is 0 Å². The zero-order valence-corrected chi connectivity index (χ0v) is 10.3. The highest BCUT2D eigenvalue weighted by atomic mass is 16.5. The third kappa shape index (κ3) is 3.05. The molecule has 92 valence electrons. The minimum atomic E-state index is 0.120. The summed E-state index contributed by atoms with van der Waals surface area (Å²) in [5.74, 6) is 1.26. The SMILES string of the molecule is COc1cccnc1C(=O)CC1CCCCC1. The lowest BCUT2D eigenvalue weighted by atomic mass is 9.85. The molecule has 17 heavy (non-hydrogen) atoms. The minimum absolute atomic E-state index is 0.120. The van der Waals surface area contributed by atoms with E-state index in [9.17, 15) is 4.79 Å². The van der Waals surface area contributed by atoms with Gasteiger partial charge in [0.1, 0.15) is 11.4 Å². The van der Waals surface area contributed by atoms with Gasteiger partial charge in [-0.25, -0.2) is 4.98 Å². The van der Waals surface area contributed by atoms with Crippen molar-refractivity contribution in [3.05, 3.63) is 24.0 Å². The fourth-order valence-corrected chi connectivity index (χ4v) is 2.51. The lowest BCUT2D eigenvalue weighted by Crippen LogP contribution is -2.14. The number of aromatic nitrogens is 1. The summed E-state index contributed by atoms with van der Waals surface area (Å²) < 4.78 is 5.17. The molecule has 1 aliphatic carbocycles. The van der Waals surface area contributed by atoms with Crippen molar-refractivity contribution in [1.82, 2.24) is 4.98 Å². The van der Waals surface area contributed by atoms with Crippen LogP contribution in [-0.2, 0) is 0 Å². The molecule has 0 atom stereocenters. The summed E-state index contributed by atoms with van der Waals surface area (Å²) in [6.07, 6.45) is 8.47. The Balaban J connectivity index is 2.03. The van der Waals surface area contributed by atoms with E-state index in [0.29, 0.717) is 23.8 Å². The molecule has 2 rings (SSSR count). The molecule has 1 saturated carbocycles. The summed E-state index contributed by atoms with van der Waals surface area (Å²) in [5.41, 5.74) is 0.487. The molecule has 1 fully saturated rings. The summed E-state index contributed by atoms with van der Waals surface area (Å²) in [6.45, 7) is 0. The number of carbonyl (C=O) groups is 1. The van der Waals surface area contributed by atoms with Crippen LogP contribution in [0.15, 0.2) is 18.3 Å². The largest absolute Gasteiger partial charge is 0.494 e. The highest BCUT2D eigenvalue weighted by Crippen LogP contribution is 2.28. The van der Waals surface area contributed by atoms with Crippen LogP contribution >= 0.6 is 0 Å². The van der Waals surface area contributed by atoms with Gasteiger partial charge < -0.3 is 4.74 Å². The maximum Gasteiger partial charge on any atom is 0.185 e. The van der Waals surface area contributed by atoms with Gasteiger partial charge >= 0.3 is 0 Å². The van der Waals surface area contributed by atoms with E-state index in [1.54, 1.807) is 25.4 Å². The Bertz CT molecular complexity index is 384. The summed E-state index contributed by atoms with van der Waals surface area (Å²) in [6, 6.07) is 3.58. The molecule has 0 amide bonds. The molecule has 1 aromatic heterocycles. The molecule has 0 spiro atoms. The van der Waals surface area contributed by atoms with E-state index in [1.807, 2.05) is 0 Å². The predicted molar refractivity (Wildman–Crippen MR) is 66.3 cm³/mol. The second-order valence-corrected chi connectivity index (χ2v) is 4.69. The quantitative estimate of drug-likeness (QED) is 0.749. The van der Waals surface area contributed by atoms with Crippen LogP contribution in [0, 0.1) is 5.92 Å². The summed E-state index contributed by atoms with van der Waals surface area (Å²) >= 11 is 0. The summed E-state index contributed by atoms with van der Waals surface area (Å²) in [7, 11) is 1.58. The van der Waals surface area contributed by atoms with Gasteiger partial charge in [-0.1, -0.05) is 32.1 Å². The lowest BCUT2D eigenvalue weighted by molar-refractivity contribution is 0.0942. The maximum atomic E-state index is 12.2. The van der Waals surface area contributed by atoms with Crippen molar-refractivity contribution in [2.75, 3.05) is 7.11 Å².